The zero-order chi connectivity index (χ0) is 20.8. The normalized spacial score (nSPS) is 18.0. The first-order chi connectivity index (χ1) is 14.0. The largest absolute Gasteiger partial charge is 0.506 e. The van der Waals surface area contributed by atoms with Crippen molar-refractivity contribution in [1.29, 1.82) is 0 Å². The van der Waals surface area contributed by atoms with Crippen LogP contribution >= 0.6 is 0 Å². The first-order valence-corrected chi connectivity index (χ1v) is 9.22. The van der Waals surface area contributed by atoms with Crippen molar-refractivity contribution in [3.8, 4) is 5.75 Å². The van der Waals surface area contributed by atoms with Crippen molar-refractivity contribution in [2.75, 3.05) is 17.7 Å². The summed E-state index contributed by atoms with van der Waals surface area (Å²) in [6.45, 7) is 0. The van der Waals surface area contributed by atoms with Gasteiger partial charge in [0.2, 0.25) is 11.8 Å². The summed E-state index contributed by atoms with van der Waals surface area (Å²) in [6.07, 6.45) is 4.63. The van der Waals surface area contributed by atoms with Crippen LogP contribution in [0.1, 0.15) is 23.2 Å². The monoisotopic (exact) mass is 394 g/mol. The number of rotatable bonds is 5. The highest BCUT2D eigenvalue weighted by atomic mass is 16.5. The number of allylic oxidation sites excluding steroid dienone is 2. The van der Waals surface area contributed by atoms with Crippen LogP contribution in [0.15, 0.2) is 60.7 Å². The Morgan fingerprint density at radius 1 is 0.897 bits per heavy atom. The summed E-state index contributed by atoms with van der Waals surface area (Å²) in [7, 11) is 1.30. The lowest BCUT2D eigenvalue weighted by Crippen LogP contribution is -2.37. The first-order valence-electron chi connectivity index (χ1n) is 9.22. The Bertz CT molecular complexity index is 936. The molecular weight excluding hydrogens is 372 g/mol. The van der Waals surface area contributed by atoms with Crippen molar-refractivity contribution in [3.05, 3.63) is 66.2 Å². The number of amides is 2. The number of carbonyl (C=O) groups is 3. The molecule has 0 fully saturated rings. The number of hydrogen-bond donors (Lipinski definition) is 3. The average molecular weight is 394 g/mol. The highest BCUT2D eigenvalue weighted by Crippen LogP contribution is 2.30. The Kier molecular flexibility index (Phi) is 6.29. The molecule has 1 aliphatic carbocycles. The molecule has 1 aliphatic rings. The summed E-state index contributed by atoms with van der Waals surface area (Å²) >= 11 is 0. The highest BCUT2D eigenvalue weighted by Gasteiger charge is 2.34. The Hall–Kier alpha value is -3.61. The third kappa shape index (κ3) is 4.82. The predicted octanol–water partition coefficient (Wildman–Crippen LogP) is 3.34. The van der Waals surface area contributed by atoms with Crippen LogP contribution in [0.2, 0.25) is 0 Å². The van der Waals surface area contributed by atoms with Crippen molar-refractivity contribution >= 4 is 29.2 Å². The van der Waals surface area contributed by atoms with Crippen molar-refractivity contribution in [2.45, 2.75) is 12.8 Å². The van der Waals surface area contributed by atoms with E-state index in [0.717, 1.165) is 0 Å². The quantitative estimate of drug-likeness (QED) is 0.410. The lowest BCUT2D eigenvalue weighted by molar-refractivity contribution is -0.129. The van der Waals surface area contributed by atoms with Gasteiger partial charge in [0.1, 0.15) is 5.75 Å². The van der Waals surface area contributed by atoms with Gasteiger partial charge in [-0.1, -0.05) is 24.3 Å². The molecule has 0 saturated heterocycles. The molecule has 3 N–H and O–H groups in total. The number of methoxy groups -OCH3 is 1. The number of para-hydroxylation sites is 2. The number of hydrogen-bond acceptors (Lipinski definition) is 5. The fourth-order valence-corrected chi connectivity index (χ4v) is 3.24. The minimum Gasteiger partial charge on any atom is -0.506 e. The zero-order valence-electron chi connectivity index (χ0n) is 15.9. The lowest BCUT2D eigenvalue weighted by Gasteiger charge is -2.27. The fourth-order valence-electron chi connectivity index (χ4n) is 3.24. The molecule has 0 heterocycles. The van der Waals surface area contributed by atoms with Crippen LogP contribution in [-0.4, -0.2) is 30.0 Å². The minimum absolute atomic E-state index is 0.0288. The number of nitrogens with one attached hydrogen (secondary N) is 2. The summed E-state index contributed by atoms with van der Waals surface area (Å²) in [5.74, 6) is -2.20. The molecule has 2 unspecified atom stereocenters. The molecule has 7 nitrogen and oxygen atoms in total. The van der Waals surface area contributed by atoms with E-state index in [2.05, 4.69) is 15.4 Å². The second kappa shape index (κ2) is 9.05. The van der Waals surface area contributed by atoms with Crippen LogP contribution in [0.4, 0.5) is 11.4 Å². The van der Waals surface area contributed by atoms with Gasteiger partial charge in [-0.3, -0.25) is 9.59 Å². The van der Waals surface area contributed by atoms with Gasteiger partial charge in [-0.25, -0.2) is 4.79 Å². The predicted molar refractivity (Wildman–Crippen MR) is 109 cm³/mol. The molecule has 3 rings (SSSR count). The van der Waals surface area contributed by atoms with E-state index in [9.17, 15) is 19.5 Å². The van der Waals surface area contributed by atoms with Gasteiger partial charge in [-0.15, -0.1) is 0 Å². The molecule has 29 heavy (non-hydrogen) atoms. The van der Waals surface area contributed by atoms with Gasteiger partial charge < -0.3 is 20.5 Å². The fraction of sp³-hybridized carbons (Fsp3) is 0.227. The Labute approximate surface area is 168 Å². The maximum atomic E-state index is 12.8. The molecule has 0 bridgehead atoms. The zero-order valence-corrected chi connectivity index (χ0v) is 15.9. The van der Waals surface area contributed by atoms with E-state index in [4.69, 9.17) is 0 Å². The van der Waals surface area contributed by atoms with Crippen LogP contribution in [0, 0.1) is 11.8 Å². The van der Waals surface area contributed by atoms with E-state index in [0.29, 0.717) is 29.8 Å². The Morgan fingerprint density at radius 2 is 1.48 bits per heavy atom. The van der Waals surface area contributed by atoms with Gasteiger partial charge in [0.25, 0.3) is 0 Å². The molecule has 0 aliphatic heterocycles. The molecule has 0 spiro atoms. The standard InChI is InChI=1S/C22H22N2O5/c1-29-22(28)14-10-12-15(13-11-14)23-20(26)16-6-2-3-7-17(16)21(27)24-18-8-4-5-9-19(18)25/h2-5,8-13,16-17,25H,6-7H2,1H3,(H,23,26)(H,24,27). The number of esters is 1. The third-order valence-corrected chi connectivity index (χ3v) is 4.84. The summed E-state index contributed by atoms with van der Waals surface area (Å²) in [5.41, 5.74) is 1.22. The maximum absolute atomic E-state index is 12.8. The molecule has 2 atom stereocenters. The first kappa shape index (κ1) is 20.1. The number of phenols is 1. The Balaban J connectivity index is 1.69. The van der Waals surface area contributed by atoms with Gasteiger partial charge in [0, 0.05) is 5.69 Å². The topological polar surface area (TPSA) is 105 Å². The number of phenolic OH excluding ortho intramolecular Hbond substituents is 1. The number of benzene rings is 2. The van der Waals surface area contributed by atoms with Gasteiger partial charge in [-0.2, -0.15) is 0 Å². The van der Waals surface area contributed by atoms with Crippen LogP contribution in [0.25, 0.3) is 0 Å². The molecule has 150 valence electrons. The number of carbonyl (C=O) groups excluding carboxylic acids is 3. The molecule has 7 heteroatoms. The summed E-state index contributed by atoms with van der Waals surface area (Å²) in [6, 6.07) is 12.8. The van der Waals surface area contributed by atoms with Crippen LogP contribution in [0.3, 0.4) is 0 Å². The highest BCUT2D eigenvalue weighted by molar-refractivity contribution is 6.00. The average Bonchev–Trinajstić information content (AvgIpc) is 2.75. The van der Waals surface area contributed by atoms with E-state index in [-0.39, 0.29) is 17.6 Å². The van der Waals surface area contributed by atoms with Crippen LogP contribution < -0.4 is 10.6 Å². The van der Waals surface area contributed by atoms with Gasteiger partial charge in [-0.05, 0) is 49.2 Å². The van der Waals surface area contributed by atoms with Crippen molar-refractivity contribution in [2.24, 2.45) is 11.8 Å². The van der Waals surface area contributed by atoms with Crippen molar-refractivity contribution in [1.82, 2.24) is 0 Å². The van der Waals surface area contributed by atoms with E-state index in [1.807, 2.05) is 12.2 Å². The minimum atomic E-state index is -0.561. The molecule has 0 saturated carbocycles. The lowest BCUT2D eigenvalue weighted by atomic mass is 9.81. The number of ether oxygens (including phenoxy) is 1. The van der Waals surface area contributed by atoms with E-state index < -0.39 is 17.8 Å². The van der Waals surface area contributed by atoms with Gasteiger partial charge in [0.15, 0.2) is 0 Å². The van der Waals surface area contributed by atoms with Crippen molar-refractivity contribution in [3.63, 3.8) is 0 Å². The van der Waals surface area contributed by atoms with Gasteiger partial charge >= 0.3 is 5.97 Å². The summed E-state index contributed by atoms with van der Waals surface area (Å²) in [5, 5.41) is 15.4. The molecule has 0 aromatic heterocycles. The third-order valence-electron chi connectivity index (χ3n) is 4.84. The second-order valence-corrected chi connectivity index (χ2v) is 6.72. The van der Waals surface area contributed by atoms with E-state index in [1.165, 1.54) is 13.2 Å². The summed E-state index contributed by atoms with van der Waals surface area (Å²) < 4.78 is 4.65. The molecule has 2 aromatic carbocycles. The van der Waals surface area contributed by atoms with Crippen LogP contribution in [-0.2, 0) is 14.3 Å². The van der Waals surface area contributed by atoms with E-state index >= 15 is 0 Å². The molecule has 2 amide bonds. The summed E-state index contributed by atoms with van der Waals surface area (Å²) in [4.78, 5) is 37.1. The number of anilines is 2. The molecule has 0 radical (unpaired) electrons. The van der Waals surface area contributed by atoms with E-state index in [1.54, 1.807) is 42.5 Å². The van der Waals surface area contributed by atoms with Gasteiger partial charge in [0.05, 0.1) is 30.2 Å². The Morgan fingerprint density at radius 3 is 2.07 bits per heavy atom. The SMILES string of the molecule is COC(=O)c1ccc(NC(=O)C2CC=CCC2C(=O)Nc2ccccc2O)cc1. The smallest absolute Gasteiger partial charge is 0.337 e. The maximum Gasteiger partial charge on any atom is 0.337 e. The second-order valence-electron chi connectivity index (χ2n) is 6.72. The van der Waals surface area contributed by atoms with Crippen LogP contribution in [0.5, 0.6) is 5.75 Å². The molecular formula is C22H22N2O5. The molecule has 2 aromatic rings. The number of aromatic hydroxyl groups is 1. The van der Waals surface area contributed by atoms with Crippen molar-refractivity contribution < 1.29 is 24.2 Å².